The lowest BCUT2D eigenvalue weighted by atomic mass is 9.90. The number of hydrogen-bond acceptors (Lipinski definition) is 1. The first-order valence-corrected chi connectivity index (χ1v) is 6.66. The van der Waals surface area contributed by atoms with Gasteiger partial charge in [-0.3, -0.25) is 4.79 Å². The standard InChI is InChI=1S/C15H12BrNO/c16-13-8-4-3-7-12(13)15-11-6-2-1-5-10(11)9-14(18)17-15/h1-8,15H,9H2,(H,17,18)/t15-/m1/s1. The maximum atomic E-state index is 11.8. The molecule has 90 valence electrons. The highest BCUT2D eigenvalue weighted by atomic mass is 79.9. The summed E-state index contributed by atoms with van der Waals surface area (Å²) in [4.78, 5) is 11.8. The molecule has 2 aromatic carbocycles. The van der Waals surface area contributed by atoms with E-state index in [1.165, 1.54) is 5.56 Å². The first kappa shape index (κ1) is 11.5. The number of nitrogens with one attached hydrogen (secondary N) is 1. The Bertz CT molecular complexity index is 609. The van der Waals surface area contributed by atoms with Crippen molar-refractivity contribution in [3.05, 3.63) is 69.7 Å². The lowest BCUT2D eigenvalue weighted by molar-refractivity contribution is -0.121. The zero-order valence-electron chi connectivity index (χ0n) is 9.69. The van der Waals surface area contributed by atoms with Crippen LogP contribution in [0.2, 0.25) is 0 Å². The molecule has 1 heterocycles. The van der Waals surface area contributed by atoms with Gasteiger partial charge in [-0.25, -0.2) is 0 Å². The Morgan fingerprint density at radius 2 is 1.67 bits per heavy atom. The summed E-state index contributed by atoms with van der Waals surface area (Å²) in [6, 6.07) is 16.0. The second-order valence-corrected chi connectivity index (χ2v) is 5.25. The van der Waals surface area contributed by atoms with E-state index in [1.54, 1.807) is 0 Å². The van der Waals surface area contributed by atoms with E-state index < -0.39 is 0 Å². The predicted octanol–water partition coefficient (Wildman–Crippen LogP) is 3.21. The van der Waals surface area contributed by atoms with Gasteiger partial charge in [0.25, 0.3) is 0 Å². The van der Waals surface area contributed by atoms with Crippen molar-refractivity contribution in [3.63, 3.8) is 0 Å². The molecule has 0 bridgehead atoms. The Kier molecular flexibility index (Phi) is 2.92. The Balaban J connectivity index is 2.13. The molecule has 3 rings (SSSR count). The summed E-state index contributed by atoms with van der Waals surface area (Å²) in [7, 11) is 0. The van der Waals surface area contributed by atoms with Crippen LogP contribution in [-0.2, 0) is 11.2 Å². The van der Waals surface area contributed by atoms with E-state index in [4.69, 9.17) is 0 Å². The number of amides is 1. The smallest absolute Gasteiger partial charge is 0.225 e. The number of halogens is 1. The van der Waals surface area contributed by atoms with E-state index in [-0.39, 0.29) is 11.9 Å². The fraction of sp³-hybridized carbons (Fsp3) is 0.133. The molecule has 0 saturated carbocycles. The summed E-state index contributed by atoms with van der Waals surface area (Å²) < 4.78 is 1.02. The van der Waals surface area contributed by atoms with Crippen molar-refractivity contribution >= 4 is 21.8 Å². The van der Waals surface area contributed by atoms with Crippen molar-refractivity contribution in [2.45, 2.75) is 12.5 Å². The van der Waals surface area contributed by atoms with E-state index in [1.807, 2.05) is 42.5 Å². The topological polar surface area (TPSA) is 29.1 Å². The van der Waals surface area contributed by atoms with Gasteiger partial charge in [-0.1, -0.05) is 58.4 Å². The Labute approximate surface area is 114 Å². The lowest BCUT2D eigenvalue weighted by Crippen LogP contribution is -2.35. The van der Waals surface area contributed by atoms with Gasteiger partial charge in [-0.2, -0.15) is 0 Å². The maximum Gasteiger partial charge on any atom is 0.225 e. The van der Waals surface area contributed by atoms with Crippen molar-refractivity contribution < 1.29 is 4.79 Å². The van der Waals surface area contributed by atoms with Crippen LogP contribution in [0.5, 0.6) is 0 Å². The summed E-state index contributed by atoms with van der Waals surface area (Å²) >= 11 is 3.55. The van der Waals surface area contributed by atoms with Crippen LogP contribution in [-0.4, -0.2) is 5.91 Å². The van der Waals surface area contributed by atoms with E-state index in [0.29, 0.717) is 6.42 Å². The minimum absolute atomic E-state index is 0.0574. The molecule has 0 radical (unpaired) electrons. The highest BCUT2D eigenvalue weighted by Crippen LogP contribution is 2.32. The molecule has 1 amide bonds. The number of carbonyl (C=O) groups is 1. The predicted molar refractivity (Wildman–Crippen MR) is 74.3 cm³/mol. The first-order valence-electron chi connectivity index (χ1n) is 5.87. The highest BCUT2D eigenvalue weighted by molar-refractivity contribution is 9.10. The van der Waals surface area contributed by atoms with Gasteiger partial charge in [0.05, 0.1) is 12.5 Å². The number of hydrogen-bond donors (Lipinski definition) is 1. The largest absolute Gasteiger partial charge is 0.345 e. The third-order valence-electron chi connectivity index (χ3n) is 3.24. The average molecular weight is 302 g/mol. The first-order chi connectivity index (χ1) is 8.75. The molecule has 2 nitrogen and oxygen atoms in total. The molecule has 3 heteroatoms. The van der Waals surface area contributed by atoms with Gasteiger partial charge in [-0.05, 0) is 22.8 Å². The zero-order valence-corrected chi connectivity index (χ0v) is 11.3. The molecule has 1 atom stereocenters. The molecule has 2 aromatic rings. The van der Waals surface area contributed by atoms with Crippen molar-refractivity contribution in [3.8, 4) is 0 Å². The number of benzene rings is 2. The molecule has 1 aliphatic rings. The molecule has 0 fully saturated rings. The minimum Gasteiger partial charge on any atom is -0.345 e. The van der Waals surface area contributed by atoms with Crippen molar-refractivity contribution in [1.29, 1.82) is 0 Å². The molecule has 0 aromatic heterocycles. The molecule has 0 unspecified atom stereocenters. The zero-order chi connectivity index (χ0) is 12.5. The third-order valence-corrected chi connectivity index (χ3v) is 3.96. The summed E-state index contributed by atoms with van der Waals surface area (Å²) in [6.07, 6.45) is 0.469. The van der Waals surface area contributed by atoms with Crippen LogP contribution in [0.4, 0.5) is 0 Å². The van der Waals surface area contributed by atoms with Crippen LogP contribution in [0.3, 0.4) is 0 Å². The Hall–Kier alpha value is -1.61. The van der Waals surface area contributed by atoms with Gasteiger partial charge in [0.2, 0.25) is 5.91 Å². The molecule has 1 N–H and O–H groups in total. The van der Waals surface area contributed by atoms with Crippen LogP contribution >= 0.6 is 15.9 Å². The van der Waals surface area contributed by atoms with Gasteiger partial charge in [0.1, 0.15) is 0 Å². The van der Waals surface area contributed by atoms with Crippen LogP contribution in [0.25, 0.3) is 0 Å². The SMILES string of the molecule is O=C1Cc2ccccc2[C@H](c2ccccc2Br)N1. The highest BCUT2D eigenvalue weighted by Gasteiger charge is 2.26. The van der Waals surface area contributed by atoms with E-state index in [0.717, 1.165) is 15.6 Å². The van der Waals surface area contributed by atoms with E-state index in [2.05, 4.69) is 27.3 Å². The summed E-state index contributed by atoms with van der Waals surface area (Å²) in [5.74, 6) is 0.0782. The van der Waals surface area contributed by atoms with Gasteiger partial charge in [0, 0.05) is 4.47 Å². The minimum atomic E-state index is -0.0574. The van der Waals surface area contributed by atoms with Crippen LogP contribution in [0.1, 0.15) is 22.7 Å². The summed E-state index contributed by atoms with van der Waals surface area (Å²) in [5, 5.41) is 3.06. The quantitative estimate of drug-likeness (QED) is 0.861. The van der Waals surface area contributed by atoms with Gasteiger partial charge >= 0.3 is 0 Å². The van der Waals surface area contributed by atoms with Crippen molar-refractivity contribution in [1.82, 2.24) is 5.32 Å². The van der Waals surface area contributed by atoms with Crippen molar-refractivity contribution in [2.75, 3.05) is 0 Å². The van der Waals surface area contributed by atoms with Crippen LogP contribution in [0.15, 0.2) is 53.0 Å². The van der Waals surface area contributed by atoms with E-state index >= 15 is 0 Å². The normalized spacial score (nSPS) is 18.1. The lowest BCUT2D eigenvalue weighted by Gasteiger charge is -2.27. The number of carbonyl (C=O) groups excluding carboxylic acids is 1. The van der Waals surface area contributed by atoms with E-state index in [9.17, 15) is 4.79 Å². The monoisotopic (exact) mass is 301 g/mol. The number of rotatable bonds is 1. The molecular formula is C15H12BrNO. The third kappa shape index (κ3) is 1.95. The van der Waals surface area contributed by atoms with Crippen molar-refractivity contribution in [2.24, 2.45) is 0 Å². The Morgan fingerprint density at radius 1 is 1.00 bits per heavy atom. The molecule has 0 aliphatic carbocycles. The van der Waals surface area contributed by atoms with Crippen LogP contribution < -0.4 is 5.32 Å². The van der Waals surface area contributed by atoms with Gasteiger partial charge < -0.3 is 5.32 Å². The maximum absolute atomic E-state index is 11.8. The summed E-state index contributed by atoms with van der Waals surface area (Å²) in [5.41, 5.74) is 3.39. The molecular weight excluding hydrogens is 290 g/mol. The fourth-order valence-corrected chi connectivity index (χ4v) is 2.91. The molecule has 18 heavy (non-hydrogen) atoms. The number of fused-ring (bicyclic) bond motifs is 1. The molecule has 0 spiro atoms. The molecule has 1 aliphatic heterocycles. The second kappa shape index (κ2) is 4.58. The van der Waals surface area contributed by atoms with Crippen LogP contribution in [0, 0.1) is 0 Å². The average Bonchev–Trinajstić information content (AvgIpc) is 2.38. The van der Waals surface area contributed by atoms with Gasteiger partial charge in [0.15, 0.2) is 0 Å². The fourth-order valence-electron chi connectivity index (χ4n) is 2.39. The summed E-state index contributed by atoms with van der Waals surface area (Å²) in [6.45, 7) is 0. The molecule has 0 saturated heterocycles. The Morgan fingerprint density at radius 3 is 2.44 bits per heavy atom. The second-order valence-electron chi connectivity index (χ2n) is 4.40. The van der Waals surface area contributed by atoms with Gasteiger partial charge in [-0.15, -0.1) is 0 Å².